The molecule has 0 unspecified atom stereocenters. The third kappa shape index (κ3) is 5.14. The summed E-state index contributed by atoms with van der Waals surface area (Å²) in [6.07, 6.45) is 0.350. The Hall–Kier alpha value is -1.32. The molecular weight excluding hydrogens is 148 g/mol. The van der Waals surface area contributed by atoms with Gasteiger partial charge in [-0.25, -0.2) is 4.79 Å². The van der Waals surface area contributed by atoms with Crippen molar-refractivity contribution in [3.63, 3.8) is 0 Å². The van der Waals surface area contributed by atoms with Gasteiger partial charge in [0.15, 0.2) is 0 Å². The Kier molecular flexibility index (Phi) is 3.95. The lowest BCUT2D eigenvalue weighted by molar-refractivity contribution is -0.137. The average molecular weight is 157 g/mol. The summed E-state index contributed by atoms with van der Waals surface area (Å²) in [7, 11) is 0. The summed E-state index contributed by atoms with van der Waals surface area (Å²) in [5.74, 6) is -2.11. The smallest absolute Gasteiger partial charge is 0.331 e. The largest absolute Gasteiger partial charge is 0.481 e. The van der Waals surface area contributed by atoms with Gasteiger partial charge < -0.3 is 10.2 Å². The van der Waals surface area contributed by atoms with Gasteiger partial charge in [-0.15, -0.1) is 0 Å². The number of aliphatic carboxylic acids is 2. The molecule has 0 aliphatic rings. The first-order valence-electron chi connectivity index (χ1n) is 3.10. The number of carboxylic acid groups (broad SMARTS) is 2. The molecule has 0 aliphatic heterocycles. The van der Waals surface area contributed by atoms with Crippen molar-refractivity contribution >= 4 is 11.9 Å². The molecule has 0 amide bonds. The maximum absolute atomic E-state index is 10.1. The van der Waals surface area contributed by atoms with E-state index in [9.17, 15) is 9.59 Å². The Morgan fingerprint density at radius 1 is 1.18 bits per heavy atom. The minimum Gasteiger partial charge on any atom is -0.481 e. The van der Waals surface area contributed by atoms with E-state index in [0.29, 0.717) is 0 Å². The number of carboxylic acids is 2. The van der Waals surface area contributed by atoms with Gasteiger partial charge in [0, 0.05) is 12.0 Å². The Balaban J connectivity index is 3.47. The van der Waals surface area contributed by atoms with Gasteiger partial charge in [-0.3, -0.25) is 4.79 Å². The van der Waals surface area contributed by atoms with Crippen LogP contribution in [0.15, 0.2) is 5.57 Å². The highest BCUT2D eigenvalue weighted by Gasteiger charge is 2.04. The SMILES string of the molecule is [CH]=C(CCCC(=O)O)C(=O)O. The lowest BCUT2D eigenvalue weighted by atomic mass is 10.1. The van der Waals surface area contributed by atoms with Crippen LogP contribution in [-0.2, 0) is 9.59 Å². The zero-order valence-corrected chi connectivity index (χ0v) is 5.91. The van der Waals surface area contributed by atoms with Crippen LogP contribution in [0.2, 0.25) is 0 Å². The van der Waals surface area contributed by atoms with E-state index in [2.05, 4.69) is 0 Å². The molecule has 4 heteroatoms. The van der Waals surface area contributed by atoms with E-state index in [4.69, 9.17) is 16.8 Å². The normalized spacial score (nSPS) is 9.09. The Morgan fingerprint density at radius 3 is 2.09 bits per heavy atom. The highest BCUT2D eigenvalue weighted by atomic mass is 16.4. The van der Waals surface area contributed by atoms with Crippen LogP contribution in [-0.4, -0.2) is 22.2 Å². The van der Waals surface area contributed by atoms with Crippen LogP contribution in [0.25, 0.3) is 0 Å². The molecule has 0 atom stereocenters. The van der Waals surface area contributed by atoms with Crippen molar-refractivity contribution in [3.05, 3.63) is 12.2 Å². The van der Waals surface area contributed by atoms with Crippen molar-refractivity contribution in [2.45, 2.75) is 19.3 Å². The van der Waals surface area contributed by atoms with Gasteiger partial charge >= 0.3 is 11.9 Å². The van der Waals surface area contributed by atoms with Crippen LogP contribution < -0.4 is 0 Å². The van der Waals surface area contributed by atoms with Crippen LogP contribution >= 0.6 is 0 Å². The van der Waals surface area contributed by atoms with Crippen molar-refractivity contribution < 1.29 is 19.8 Å². The maximum Gasteiger partial charge on any atom is 0.331 e. The van der Waals surface area contributed by atoms with Crippen molar-refractivity contribution in [3.8, 4) is 0 Å². The zero-order valence-electron chi connectivity index (χ0n) is 5.91. The van der Waals surface area contributed by atoms with E-state index >= 15 is 0 Å². The van der Waals surface area contributed by atoms with E-state index in [1.807, 2.05) is 0 Å². The minimum atomic E-state index is -1.17. The summed E-state index contributed by atoms with van der Waals surface area (Å²) in [6, 6.07) is 0. The van der Waals surface area contributed by atoms with Gasteiger partial charge in [-0.05, 0) is 12.8 Å². The standard InChI is InChI=1S/C7H9O4/c1-5(7(10)11)3-2-4-6(8)9/h1H,2-4H2,(H,8,9)(H,10,11). The van der Waals surface area contributed by atoms with Crippen molar-refractivity contribution in [2.24, 2.45) is 0 Å². The molecule has 11 heavy (non-hydrogen) atoms. The Bertz CT molecular complexity index is 183. The number of carbonyl (C=O) groups is 2. The van der Waals surface area contributed by atoms with Gasteiger partial charge in [0.1, 0.15) is 0 Å². The summed E-state index contributed by atoms with van der Waals surface area (Å²) in [5, 5.41) is 16.4. The molecule has 61 valence electrons. The van der Waals surface area contributed by atoms with Crippen LogP contribution in [0.1, 0.15) is 19.3 Å². The van der Waals surface area contributed by atoms with E-state index in [1.165, 1.54) is 0 Å². The van der Waals surface area contributed by atoms with Gasteiger partial charge in [-0.2, -0.15) is 0 Å². The first-order valence-corrected chi connectivity index (χ1v) is 3.10. The second-order valence-electron chi connectivity index (χ2n) is 2.08. The molecule has 0 spiro atoms. The molecule has 0 aromatic rings. The summed E-state index contributed by atoms with van der Waals surface area (Å²) in [4.78, 5) is 20.0. The summed E-state index contributed by atoms with van der Waals surface area (Å²) >= 11 is 0. The highest BCUT2D eigenvalue weighted by Crippen LogP contribution is 2.04. The molecule has 0 bridgehead atoms. The minimum absolute atomic E-state index is 0.0476. The van der Waals surface area contributed by atoms with Crippen molar-refractivity contribution in [1.82, 2.24) is 0 Å². The molecule has 0 aliphatic carbocycles. The molecule has 0 heterocycles. The lowest BCUT2D eigenvalue weighted by Gasteiger charge is -1.96. The fourth-order valence-electron chi connectivity index (χ4n) is 0.537. The molecule has 0 fully saturated rings. The molecular formula is C7H9O4. The monoisotopic (exact) mass is 157 g/mol. The molecule has 1 radical (unpaired) electrons. The number of hydrogen-bond acceptors (Lipinski definition) is 2. The summed E-state index contributed by atoms with van der Waals surface area (Å²) < 4.78 is 0. The lowest BCUT2D eigenvalue weighted by Crippen LogP contribution is -2.00. The van der Waals surface area contributed by atoms with Crippen molar-refractivity contribution in [2.75, 3.05) is 0 Å². The second-order valence-corrected chi connectivity index (χ2v) is 2.08. The molecule has 0 saturated heterocycles. The topological polar surface area (TPSA) is 74.6 Å². The third-order valence-electron chi connectivity index (χ3n) is 1.11. The van der Waals surface area contributed by atoms with Crippen LogP contribution in [0.4, 0.5) is 0 Å². The molecule has 4 nitrogen and oxygen atoms in total. The van der Waals surface area contributed by atoms with E-state index in [1.54, 1.807) is 0 Å². The molecule has 0 aromatic heterocycles. The third-order valence-corrected chi connectivity index (χ3v) is 1.11. The zero-order chi connectivity index (χ0) is 8.85. The van der Waals surface area contributed by atoms with Gasteiger partial charge in [0.25, 0.3) is 0 Å². The first-order chi connectivity index (χ1) is 5.04. The highest BCUT2D eigenvalue weighted by molar-refractivity contribution is 5.85. The Labute approximate surface area is 64.2 Å². The molecule has 2 N–H and O–H groups in total. The van der Waals surface area contributed by atoms with Gasteiger partial charge in [0.05, 0.1) is 0 Å². The van der Waals surface area contributed by atoms with Crippen molar-refractivity contribution in [1.29, 1.82) is 0 Å². The summed E-state index contributed by atoms with van der Waals surface area (Å²) in [6.45, 7) is 5.03. The molecule has 0 saturated carbocycles. The molecule has 0 aromatic carbocycles. The number of rotatable bonds is 5. The fourth-order valence-corrected chi connectivity index (χ4v) is 0.537. The predicted molar refractivity (Wildman–Crippen MR) is 36.9 cm³/mol. The van der Waals surface area contributed by atoms with E-state index in [0.717, 1.165) is 0 Å². The average Bonchev–Trinajstić information content (AvgIpc) is 1.86. The first kappa shape index (κ1) is 9.68. The van der Waals surface area contributed by atoms with Gasteiger partial charge in [-0.1, -0.05) is 6.58 Å². The van der Waals surface area contributed by atoms with E-state index < -0.39 is 11.9 Å². The maximum atomic E-state index is 10.1. The molecule has 0 rings (SSSR count). The second kappa shape index (κ2) is 4.49. The van der Waals surface area contributed by atoms with Crippen LogP contribution in [0, 0.1) is 6.58 Å². The predicted octanol–water partition coefficient (Wildman–Crippen LogP) is 0.685. The number of hydrogen-bond donors (Lipinski definition) is 2. The van der Waals surface area contributed by atoms with E-state index in [-0.39, 0.29) is 24.8 Å². The quantitative estimate of drug-likeness (QED) is 0.575. The van der Waals surface area contributed by atoms with Crippen LogP contribution in [0.5, 0.6) is 0 Å². The fraction of sp³-hybridized carbons (Fsp3) is 0.429. The summed E-state index contributed by atoms with van der Waals surface area (Å²) in [5.41, 5.74) is -0.189. The van der Waals surface area contributed by atoms with Gasteiger partial charge in [0.2, 0.25) is 0 Å². The Morgan fingerprint density at radius 2 is 1.73 bits per heavy atom. The van der Waals surface area contributed by atoms with Crippen LogP contribution in [0.3, 0.4) is 0 Å².